The van der Waals surface area contributed by atoms with Crippen LogP contribution in [0.5, 0.6) is 0 Å². The molecule has 4 aliphatic carbocycles. The van der Waals surface area contributed by atoms with E-state index in [1.165, 1.54) is 25.7 Å². The van der Waals surface area contributed by atoms with E-state index in [0.717, 1.165) is 41.2 Å². The number of amides is 1. The highest BCUT2D eigenvalue weighted by Crippen LogP contribution is 2.59. The Bertz CT molecular complexity index is 700. The monoisotopic (exact) mass is 394 g/mol. The molecule has 4 fully saturated rings. The Hall–Kier alpha value is -0.510. The van der Waals surface area contributed by atoms with Crippen LogP contribution in [-0.4, -0.2) is 39.4 Å². The van der Waals surface area contributed by atoms with Crippen LogP contribution in [0, 0.1) is 23.7 Å². The molecular formula is C21H28Cl2N2O. The Morgan fingerprint density at radius 1 is 1.15 bits per heavy atom. The first-order chi connectivity index (χ1) is 12.4. The third-order valence-electron chi connectivity index (χ3n) is 7.89. The number of halogens is 2. The Labute approximate surface area is 166 Å². The van der Waals surface area contributed by atoms with E-state index in [2.05, 4.69) is 22.2 Å². The summed E-state index contributed by atoms with van der Waals surface area (Å²) in [6.45, 7) is 4.75. The predicted molar refractivity (Wildman–Crippen MR) is 105 cm³/mol. The second-order valence-corrected chi connectivity index (χ2v) is 10.5. The highest BCUT2D eigenvalue weighted by molar-refractivity contribution is 6.38. The Morgan fingerprint density at radius 3 is 2.73 bits per heavy atom. The van der Waals surface area contributed by atoms with E-state index >= 15 is 0 Å². The van der Waals surface area contributed by atoms with Gasteiger partial charge in [-0.25, -0.2) is 0 Å². The van der Waals surface area contributed by atoms with Gasteiger partial charge in [0.25, 0.3) is 5.91 Å². The van der Waals surface area contributed by atoms with Crippen LogP contribution in [0.4, 0.5) is 0 Å². The molecule has 0 radical (unpaired) electrons. The van der Waals surface area contributed by atoms with Crippen molar-refractivity contribution in [1.82, 2.24) is 10.0 Å². The molecule has 3 nitrogen and oxygen atoms in total. The zero-order chi connectivity index (χ0) is 18.2. The number of alkyl halides is 1. The smallest absolute Gasteiger partial charge is 0.258 e. The predicted octanol–water partition coefficient (Wildman–Crippen LogP) is 4.71. The molecule has 6 atom stereocenters. The maximum absolute atomic E-state index is 13.1. The normalized spacial score (nSPS) is 44.0. The summed E-state index contributed by atoms with van der Waals surface area (Å²) < 4.78 is 0. The van der Waals surface area contributed by atoms with Gasteiger partial charge in [-0.15, -0.1) is 11.6 Å². The maximum atomic E-state index is 13.1. The third-order valence-corrected chi connectivity index (χ3v) is 8.90. The lowest BCUT2D eigenvalue weighted by molar-refractivity contribution is -0.228. The first-order valence-corrected chi connectivity index (χ1v) is 11.0. The topological polar surface area (TPSA) is 23.6 Å². The molecular weight excluding hydrogens is 367 g/mol. The van der Waals surface area contributed by atoms with Crippen LogP contribution in [0.1, 0.15) is 52.4 Å². The standard InChI is InChI=1S/C21H28Cl2N2O/c1-21(2)20(26)25(24(21)11-13-4-3-5-17(22)19(13)23)18-7-6-12-8-14-9-15(18)10-16(12)14/h3-4,12,14-18H,5-11H2,1-2H3. The number of fused-ring (bicyclic) bond motifs is 1. The molecule has 1 heterocycles. The SMILES string of the molecule is CC1(C)C(=O)N(C2CCC3CC4CC2CC34)N1CC1=C(Cl)C(Cl)CC=C1. The minimum atomic E-state index is -0.454. The molecule has 6 unspecified atom stereocenters. The van der Waals surface area contributed by atoms with Gasteiger partial charge in [0.05, 0.1) is 11.4 Å². The zero-order valence-electron chi connectivity index (χ0n) is 15.6. The van der Waals surface area contributed by atoms with E-state index in [1.807, 2.05) is 13.8 Å². The average molecular weight is 395 g/mol. The van der Waals surface area contributed by atoms with Crippen LogP contribution in [0.25, 0.3) is 0 Å². The fourth-order valence-corrected chi connectivity index (χ4v) is 6.79. The number of allylic oxidation sites excluding steroid dienone is 2. The molecule has 0 aromatic rings. The number of nitrogens with zero attached hydrogens (tertiary/aromatic N) is 2. The van der Waals surface area contributed by atoms with Gasteiger partial charge in [0.1, 0.15) is 5.54 Å². The second kappa shape index (κ2) is 5.99. The van der Waals surface area contributed by atoms with Gasteiger partial charge in [0.15, 0.2) is 0 Å². The summed E-state index contributed by atoms with van der Waals surface area (Å²) in [5.74, 6) is 3.80. The number of carbonyl (C=O) groups is 1. The lowest BCUT2D eigenvalue weighted by Crippen LogP contribution is -2.77. The quantitative estimate of drug-likeness (QED) is 0.647. The van der Waals surface area contributed by atoms with E-state index in [-0.39, 0.29) is 11.3 Å². The molecule has 1 amide bonds. The lowest BCUT2D eigenvalue weighted by Gasteiger charge is -2.59. The van der Waals surface area contributed by atoms with Crippen LogP contribution in [-0.2, 0) is 4.79 Å². The summed E-state index contributed by atoms with van der Waals surface area (Å²) in [6, 6.07) is 0.382. The van der Waals surface area contributed by atoms with Crippen molar-refractivity contribution in [2.24, 2.45) is 23.7 Å². The highest BCUT2D eigenvalue weighted by atomic mass is 35.5. The second-order valence-electron chi connectivity index (χ2n) is 9.54. The largest absolute Gasteiger partial charge is 0.271 e. The van der Waals surface area contributed by atoms with Crippen molar-refractivity contribution in [3.8, 4) is 0 Å². The molecule has 2 bridgehead atoms. The van der Waals surface area contributed by atoms with Gasteiger partial charge in [-0.05, 0) is 81.6 Å². The molecule has 142 valence electrons. The number of hydrogen-bond donors (Lipinski definition) is 0. The summed E-state index contributed by atoms with van der Waals surface area (Å²) in [5.41, 5.74) is 0.606. The van der Waals surface area contributed by atoms with Crippen LogP contribution in [0.2, 0.25) is 0 Å². The average Bonchev–Trinajstić information content (AvgIpc) is 2.84. The fourth-order valence-electron chi connectivity index (χ4n) is 6.34. The minimum absolute atomic E-state index is 0.134. The maximum Gasteiger partial charge on any atom is 0.258 e. The number of hydrogen-bond acceptors (Lipinski definition) is 2. The van der Waals surface area contributed by atoms with Crippen molar-refractivity contribution in [2.45, 2.75) is 69.3 Å². The summed E-state index contributed by atoms with van der Waals surface area (Å²) in [5, 5.41) is 4.99. The number of carbonyl (C=O) groups excluding carboxylic acids is 1. The van der Waals surface area contributed by atoms with Crippen molar-refractivity contribution in [3.63, 3.8) is 0 Å². The molecule has 1 aliphatic heterocycles. The van der Waals surface area contributed by atoms with Crippen molar-refractivity contribution >= 4 is 29.1 Å². The van der Waals surface area contributed by atoms with Gasteiger partial charge in [0, 0.05) is 11.6 Å². The van der Waals surface area contributed by atoms with E-state index in [9.17, 15) is 4.79 Å². The van der Waals surface area contributed by atoms with Gasteiger partial charge in [-0.2, -0.15) is 5.01 Å². The Kier molecular flexibility index (Phi) is 4.05. The van der Waals surface area contributed by atoms with E-state index in [4.69, 9.17) is 23.2 Å². The van der Waals surface area contributed by atoms with E-state index in [1.54, 1.807) is 0 Å². The van der Waals surface area contributed by atoms with Crippen LogP contribution >= 0.6 is 23.2 Å². The third kappa shape index (κ3) is 2.39. The van der Waals surface area contributed by atoms with Crippen molar-refractivity contribution in [2.75, 3.05) is 6.54 Å². The summed E-state index contributed by atoms with van der Waals surface area (Å²) in [7, 11) is 0. The van der Waals surface area contributed by atoms with Crippen LogP contribution < -0.4 is 0 Å². The molecule has 0 N–H and O–H groups in total. The molecule has 0 aromatic heterocycles. The highest BCUT2D eigenvalue weighted by Gasteiger charge is 2.59. The van der Waals surface area contributed by atoms with Gasteiger partial charge in [-0.1, -0.05) is 23.8 Å². The Morgan fingerprint density at radius 2 is 1.92 bits per heavy atom. The van der Waals surface area contributed by atoms with Gasteiger partial charge >= 0.3 is 0 Å². The first kappa shape index (κ1) is 17.6. The summed E-state index contributed by atoms with van der Waals surface area (Å²) in [6.07, 6.45) is 11.5. The molecule has 3 saturated carbocycles. The van der Waals surface area contributed by atoms with Crippen LogP contribution in [0.3, 0.4) is 0 Å². The van der Waals surface area contributed by atoms with Crippen LogP contribution in [0.15, 0.2) is 22.8 Å². The fraction of sp³-hybridized carbons (Fsp3) is 0.762. The van der Waals surface area contributed by atoms with Crippen molar-refractivity contribution in [3.05, 3.63) is 22.8 Å². The molecule has 5 rings (SSSR count). The van der Waals surface area contributed by atoms with E-state index in [0.29, 0.717) is 18.5 Å². The molecule has 1 saturated heterocycles. The van der Waals surface area contributed by atoms with Crippen molar-refractivity contribution < 1.29 is 4.79 Å². The summed E-state index contributed by atoms with van der Waals surface area (Å²) in [4.78, 5) is 13.1. The first-order valence-electron chi connectivity index (χ1n) is 10.2. The minimum Gasteiger partial charge on any atom is -0.271 e. The summed E-state index contributed by atoms with van der Waals surface area (Å²) >= 11 is 12.8. The molecule has 26 heavy (non-hydrogen) atoms. The zero-order valence-corrected chi connectivity index (χ0v) is 17.1. The van der Waals surface area contributed by atoms with Gasteiger partial charge in [-0.3, -0.25) is 9.80 Å². The lowest BCUT2D eigenvalue weighted by atomic mass is 9.64. The van der Waals surface area contributed by atoms with E-state index < -0.39 is 5.54 Å². The van der Waals surface area contributed by atoms with Gasteiger partial charge < -0.3 is 0 Å². The molecule has 0 spiro atoms. The number of hydrazine groups is 1. The number of rotatable bonds is 3. The Balaban J connectivity index is 1.40. The molecule has 5 aliphatic rings. The molecule has 0 aromatic carbocycles. The van der Waals surface area contributed by atoms with Crippen molar-refractivity contribution in [1.29, 1.82) is 0 Å². The van der Waals surface area contributed by atoms with Gasteiger partial charge in [0.2, 0.25) is 0 Å². The molecule has 5 heteroatoms.